The molecule has 1 heterocycles. The molecule has 0 atom stereocenters. The minimum absolute atomic E-state index is 0.0509. The predicted molar refractivity (Wildman–Crippen MR) is 124 cm³/mol. The number of nitrogens with one attached hydrogen (secondary N) is 2. The maximum Gasteiger partial charge on any atom is 0.337 e. The molecular weight excluding hydrogens is 467 g/mol. The van der Waals surface area contributed by atoms with Crippen molar-refractivity contribution in [2.45, 2.75) is 4.90 Å². The third-order valence-electron chi connectivity index (χ3n) is 5.31. The highest BCUT2D eigenvalue weighted by Crippen LogP contribution is 2.27. The Bertz CT molecular complexity index is 1120. The van der Waals surface area contributed by atoms with Gasteiger partial charge in [-0.05, 0) is 42.5 Å². The van der Waals surface area contributed by atoms with Gasteiger partial charge in [0.05, 0.1) is 29.3 Å². The third-order valence-corrected chi connectivity index (χ3v) is 6.71. The second-order valence-electron chi connectivity index (χ2n) is 7.70. The van der Waals surface area contributed by atoms with Crippen molar-refractivity contribution in [1.82, 2.24) is 10.2 Å². The molecule has 0 saturated carbocycles. The van der Waals surface area contributed by atoms with Crippen LogP contribution in [0.3, 0.4) is 0 Å². The molecule has 0 bridgehead atoms. The lowest BCUT2D eigenvalue weighted by Gasteiger charge is -2.36. The Morgan fingerprint density at radius 1 is 1.09 bits per heavy atom. The number of anilines is 2. The van der Waals surface area contributed by atoms with E-state index in [1.165, 1.54) is 12.1 Å². The molecule has 3 N–H and O–H groups in total. The van der Waals surface area contributed by atoms with E-state index in [0.717, 1.165) is 24.3 Å². The Kier molecular flexibility index (Phi) is 8.42. The average molecular weight is 495 g/mol. The van der Waals surface area contributed by atoms with Crippen LogP contribution in [0.15, 0.2) is 47.4 Å². The van der Waals surface area contributed by atoms with E-state index < -0.39 is 21.8 Å². The summed E-state index contributed by atoms with van der Waals surface area (Å²) in [5.41, 5.74) is 0.489. The predicted octanol–water partition coefficient (Wildman–Crippen LogP) is 1.21. The number of aromatic carboxylic acids is 1. The molecule has 1 aliphatic rings. The molecule has 0 unspecified atom stereocenters. The number of nitrogens with zero attached hydrogens (tertiary/aromatic N) is 2. The standard InChI is InChI=1S/C22H27FN4O6S/c1-33-13-8-24-21(28)15-26-9-11-27(12-10-26)20-7-4-17(14-19(20)22(29)30)25-34(31,32)18-5-2-16(23)3-6-18/h2-7,14,25H,8-13,15H2,1H3,(H,24,28)(H,29,30). The van der Waals surface area contributed by atoms with E-state index >= 15 is 0 Å². The first-order valence-corrected chi connectivity index (χ1v) is 12.1. The molecule has 1 aliphatic heterocycles. The van der Waals surface area contributed by atoms with Gasteiger partial charge in [-0.3, -0.25) is 14.4 Å². The number of carboxylic acids is 1. The number of carbonyl (C=O) groups is 2. The summed E-state index contributed by atoms with van der Waals surface area (Å²) in [6.45, 7) is 3.26. The Labute approximate surface area is 197 Å². The molecule has 12 heteroatoms. The number of rotatable bonds is 10. The van der Waals surface area contributed by atoms with Crippen LogP contribution in [-0.2, 0) is 19.6 Å². The number of piperazine rings is 1. The van der Waals surface area contributed by atoms with Crippen LogP contribution in [0.1, 0.15) is 10.4 Å². The Morgan fingerprint density at radius 2 is 1.76 bits per heavy atom. The van der Waals surface area contributed by atoms with Gasteiger partial charge < -0.3 is 20.1 Å². The fourth-order valence-corrected chi connectivity index (χ4v) is 4.62. The number of halogens is 1. The SMILES string of the molecule is COCCNC(=O)CN1CCN(c2ccc(NS(=O)(=O)c3ccc(F)cc3)cc2C(=O)O)CC1. The number of hydrogen-bond donors (Lipinski definition) is 3. The lowest BCUT2D eigenvalue weighted by Crippen LogP contribution is -2.50. The maximum atomic E-state index is 13.1. The van der Waals surface area contributed by atoms with E-state index in [4.69, 9.17) is 4.74 Å². The highest BCUT2D eigenvalue weighted by molar-refractivity contribution is 7.92. The molecule has 0 radical (unpaired) electrons. The number of ether oxygens (including phenoxy) is 1. The van der Waals surface area contributed by atoms with Crippen molar-refractivity contribution in [1.29, 1.82) is 0 Å². The van der Waals surface area contributed by atoms with Crippen LogP contribution in [0, 0.1) is 5.82 Å². The molecule has 0 aliphatic carbocycles. The molecule has 34 heavy (non-hydrogen) atoms. The second kappa shape index (κ2) is 11.3. The third kappa shape index (κ3) is 6.65. The molecule has 0 aromatic heterocycles. The zero-order valence-electron chi connectivity index (χ0n) is 18.7. The lowest BCUT2D eigenvalue weighted by molar-refractivity contribution is -0.122. The van der Waals surface area contributed by atoms with Crippen LogP contribution >= 0.6 is 0 Å². The minimum Gasteiger partial charge on any atom is -0.478 e. The molecule has 3 rings (SSSR count). The van der Waals surface area contributed by atoms with Crippen LogP contribution in [0.2, 0.25) is 0 Å². The van der Waals surface area contributed by atoms with E-state index in [1.807, 2.05) is 9.80 Å². The number of carboxylic acid groups (broad SMARTS) is 1. The monoisotopic (exact) mass is 494 g/mol. The fourth-order valence-electron chi connectivity index (χ4n) is 3.57. The molecule has 0 spiro atoms. The first kappa shape index (κ1) is 25.4. The molecule has 1 fully saturated rings. The van der Waals surface area contributed by atoms with Gasteiger partial charge in [0.25, 0.3) is 10.0 Å². The number of hydrogen-bond acceptors (Lipinski definition) is 7. The number of carbonyl (C=O) groups excluding carboxylic acids is 1. The first-order chi connectivity index (χ1) is 16.2. The fraction of sp³-hybridized carbons (Fsp3) is 0.364. The van der Waals surface area contributed by atoms with Gasteiger partial charge in [-0.15, -0.1) is 0 Å². The van der Waals surface area contributed by atoms with Gasteiger partial charge in [0, 0.05) is 45.5 Å². The maximum absolute atomic E-state index is 13.1. The van der Waals surface area contributed by atoms with Gasteiger partial charge in [0.2, 0.25) is 5.91 Å². The van der Waals surface area contributed by atoms with Crippen LogP contribution in [0.4, 0.5) is 15.8 Å². The molecule has 1 amide bonds. The summed E-state index contributed by atoms with van der Waals surface area (Å²) in [6.07, 6.45) is 0. The largest absolute Gasteiger partial charge is 0.478 e. The summed E-state index contributed by atoms with van der Waals surface area (Å²) in [6, 6.07) is 8.61. The van der Waals surface area contributed by atoms with Crippen LogP contribution in [0.5, 0.6) is 0 Å². The number of amides is 1. The molecular formula is C22H27FN4O6S. The van der Waals surface area contributed by atoms with E-state index in [-0.39, 0.29) is 28.6 Å². The normalized spacial score (nSPS) is 14.6. The van der Waals surface area contributed by atoms with Gasteiger partial charge in [-0.1, -0.05) is 0 Å². The number of benzene rings is 2. The summed E-state index contributed by atoms with van der Waals surface area (Å²) < 4.78 is 45.4. The van der Waals surface area contributed by atoms with Crippen molar-refractivity contribution in [2.24, 2.45) is 0 Å². The van der Waals surface area contributed by atoms with E-state index in [1.54, 1.807) is 13.2 Å². The summed E-state index contributed by atoms with van der Waals surface area (Å²) in [4.78, 5) is 27.6. The summed E-state index contributed by atoms with van der Waals surface area (Å²) in [7, 11) is -2.45. The van der Waals surface area contributed by atoms with Gasteiger partial charge in [0.15, 0.2) is 0 Å². The van der Waals surface area contributed by atoms with E-state index in [0.29, 0.717) is 45.0 Å². The summed E-state index contributed by atoms with van der Waals surface area (Å²) >= 11 is 0. The van der Waals surface area contributed by atoms with Crippen LogP contribution < -0.4 is 14.9 Å². The zero-order valence-corrected chi connectivity index (χ0v) is 19.5. The summed E-state index contributed by atoms with van der Waals surface area (Å²) in [5.74, 6) is -1.87. The van der Waals surface area contributed by atoms with Crippen LogP contribution in [-0.4, -0.2) is 83.3 Å². The quantitative estimate of drug-likeness (QED) is 0.421. The second-order valence-corrected chi connectivity index (χ2v) is 9.38. The lowest BCUT2D eigenvalue weighted by atomic mass is 10.1. The first-order valence-electron chi connectivity index (χ1n) is 10.6. The molecule has 2 aromatic carbocycles. The average Bonchev–Trinajstić information content (AvgIpc) is 2.80. The molecule has 184 valence electrons. The Morgan fingerprint density at radius 3 is 2.38 bits per heavy atom. The van der Waals surface area contributed by atoms with Crippen molar-refractivity contribution in [2.75, 3.05) is 62.6 Å². The van der Waals surface area contributed by atoms with Crippen molar-refractivity contribution < 1.29 is 32.2 Å². The van der Waals surface area contributed by atoms with Crippen molar-refractivity contribution >= 4 is 33.3 Å². The van der Waals surface area contributed by atoms with Gasteiger partial charge >= 0.3 is 5.97 Å². The van der Waals surface area contributed by atoms with E-state index in [2.05, 4.69) is 10.0 Å². The Hall–Kier alpha value is -3.22. The van der Waals surface area contributed by atoms with Gasteiger partial charge in [0.1, 0.15) is 5.82 Å². The topological polar surface area (TPSA) is 128 Å². The van der Waals surface area contributed by atoms with Crippen LogP contribution in [0.25, 0.3) is 0 Å². The minimum atomic E-state index is -4.01. The summed E-state index contributed by atoms with van der Waals surface area (Å²) in [5, 5.41) is 12.5. The molecule has 10 nitrogen and oxygen atoms in total. The smallest absolute Gasteiger partial charge is 0.337 e. The van der Waals surface area contributed by atoms with Crippen molar-refractivity contribution in [3.8, 4) is 0 Å². The molecule has 1 saturated heterocycles. The highest BCUT2D eigenvalue weighted by atomic mass is 32.2. The zero-order chi connectivity index (χ0) is 24.7. The number of sulfonamides is 1. The molecule has 2 aromatic rings. The Balaban J connectivity index is 1.66. The van der Waals surface area contributed by atoms with Crippen molar-refractivity contribution in [3.05, 3.63) is 53.8 Å². The van der Waals surface area contributed by atoms with Gasteiger partial charge in [-0.2, -0.15) is 0 Å². The van der Waals surface area contributed by atoms with Crippen molar-refractivity contribution in [3.63, 3.8) is 0 Å². The number of methoxy groups -OCH3 is 1. The van der Waals surface area contributed by atoms with E-state index in [9.17, 15) is 27.5 Å². The van der Waals surface area contributed by atoms with Gasteiger partial charge in [-0.25, -0.2) is 17.6 Å². The highest BCUT2D eigenvalue weighted by Gasteiger charge is 2.24.